The molecule has 1 atom stereocenters. The van der Waals surface area contributed by atoms with E-state index in [1.165, 1.54) is 6.92 Å². The highest BCUT2D eigenvalue weighted by Gasteiger charge is 2.20. The second-order valence-electron chi connectivity index (χ2n) is 4.09. The van der Waals surface area contributed by atoms with E-state index in [1.54, 1.807) is 25.1 Å². The van der Waals surface area contributed by atoms with Gasteiger partial charge < -0.3 is 15.8 Å². The number of hydrogen-bond donors (Lipinski definition) is 3. The van der Waals surface area contributed by atoms with Crippen LogP contribution in [0.15, 0.2) is 18.2 Å². The van der Waals surface area contributed by atoms with Crippen molar-refractivity contribution in [3.05, 3.63) is 28.8 Å². The summed E-state index contributed by atoms with van der Waals surface area (Å²) in [6.45, 7) is 3.65. The summed E-state index contributed by atoms with van der Waals surface area (Å²) in [6, 6.07) is 4.27. The van der Waals surface area contributed by atoms with Crippen LogP contribution in [-0.4, -0.2) is 29.6 Å². The van der Waals surface area contributed by atoms with Crippen molar-refractivity contribution in [2.45, 2.75) is 20.0 Å². The molecule has 1 aromatic rings. The molecule has 0 heterocycles. The number of hydrogen-bond acceptors (Lipinski definition) is 4. The number of benzene rings is 1. The minimum atomic E-state index is -0.917. The summed E-state index contributed by atoms with van der Waals surface area (Å²) < 4.78 is 5.48. The van der Waals surface area contributed by atoms with Gasteiger partial charge in [-0.15, -0.1) is 0 Å². The van der Waals surface area contributed by atoms with Crippen LogP contribution in [0, 0.1) is 0 Å². The van der Waals surface area contributed by atoms with Crippen molar-refractivity contribution in [1.29, 1.82) is 0 Å². The van der Waals surface area contributed by atoms with E-state index in [9.17, 15) is 9.59 Å². The normalized spacial score (nSPS) is 11.4. The summed E-state index contributed by atoms with van der Waals surface area (Å²) in [4.78, 5) is 23.1. The van der Waals surface area contributed by atoms with Crippen molar-refractivity contribution in [2.24, 2.45) is 5.73 Å². The van der Waals surface area contributed by atoms with Crippen molar-refractivity contribution in [2.75, 3.05) is 6.54 Å². The first-order valence-electron chi connectivity index (χ1n) is 6.20. The fourth-order valence-corrected chi connectivity index (χ4v) is 2.04. The number of urea groups is 1. The Hall–Kier alpha value is -1.86. The van der Waals surface area contributed by atoms with E-state index in [0.717, 1.165) is 0 Å². The Bertz CT molecular complexity index is 566. The predicted octanol–water partition coefficient (Wildman–Crippen LogP) is 1.59. The maximum Gasteiger partial charge on any atom is 0.321 e. The molecule has 0 radical (unpaired) electrons. The highest BCUT2D eigenvalue weighted by molar-refractivity contribution is 7.80. The Morgan fingerprint density at radius 2 is 2.14 bits per heavy atom. The van der Waals surface area contributed by atoms with Crippen molar-refractivity contribution in [1.82, 2.24) is 10.6 Å². The molecule has 8 heteroatoms. The molecular weight excluding hydrogens is 314 g/mol. The van der Waals surface area contributed by atoms with Crippen molar-refractivity contribution in [3.63, 3.8) is 0 Å². The molecule has 3 amide bonds. The molecule has 114 valence electrons. The fourth-order valence-electron chi connectivity index (χ4n) is 1.50. The SMILES string of the molecule is CCNC(=O)NC(=O)C(C)Oc1cccc(Cl)c1C(N)=S. The first-order chi connectivity index (χ1) is 9.86. The molecule has 0 bridgehead atoms. The molecule has 0 saturated carbocycles. The highest BCUT2D eigenvalue weighted by Crippen LogP contribution is 2.27. The Morgan fingerprint density at radius 1 is 1.48 bits per heavy atom. The van der Waals surface area contributed by atoms with Crippen LogP contribution in [0.4, 0.5) is 4.79 Å². The standard InChI is InChI=1S/C13H16ClN3O3S/c1-3-16-13(19)17-12(18)7(2)20-9-6-4-5-8(14)10(9)11(15)21/h4-7H,3H2,1-2H3,(H2,15,21)(H2,16,17,18,19). The summed E-state index contributed by atoms with van der Waals surface area (Å²) in [6.07, 6.45) is -0.917. The number of carbonyl (C=O) groups excluding carboxylic acids is 2. The zero-order valence-corrected chi connectivity index (χ0v) is 13.2. The highest BCUT2D eigenvalue weighted by atomic mass is 35.5. The third-order valence-electron chi connectivity index (χ3n) is 2.47. The Labute approximate surface area is 133 Å². The van der Waals surface area contributed by atoms with E-state index < -0.39 is 18.0 Å². The minimum absolute atomic E-state index is 0.0620. The molecule has 1 rings (SSSR count). The summed E-state index contributed by atoms with van der Waals surface area (Å²) in [5.74, 6) is -0.302. The summed E-state index contributed by atoms with van der Waals surface area (Å²) in [7, 11) is 0. The number of imide groups is 1. The van der Waals surface area contributed by atoms with Gasteiger partial charge in [-0.2, -0.15) is 0 Å². The lowest BCUT2D eigenvalue weighted by Gasteiger charge is -2.17. The molecule has 0 aliphatic heterocycles. The molecule has 0 saturated heterocycles. The van der Waals surface area contributed by atoms with Gasteiger partial charge in [0.2, 0.25) is 0 Å². The van der Waals surface area contributed by atoms with E-state index in [2.05, 4.69) is 10.6 Å². The van der Waals surface area contributed by atoms with Crippen LogP contribution in [0.25, 0.3) is 0 Å². The third kappa shape index (κ3) is 4.87. The van der Waals surface area contributed by atoms with Gasteiger partial charge in [0, 0.05) is 6.54 Å². The second-order valence-corrected chi connectivity index (χ2v) is 4.93. The van der Waals surface area contributed by atoms with Crippen LogP contribution < -0.4 is 21.1 Å². The maximum atomic E-state index is 11.8. The zero-order valence-electron chi connectivity index (χ0n) is 11.6. The Balaban J connectivity index is 2.82. The second kappa shape index (κ2) is 7.80. The first kappa shape index (κ1) is 17.2. The van der Waals surface area contributed by atoms with Crippen molar-refractivity contribution in [3.8, 4) is 5.75 Å². The van der Waals surface area contributed by atoms with Crippen LogP contribution in [0.5, 0.6) is 5.75 Å². The van der Waals surface area contributed by atoms with Crippen LogP contribution in [-0.2, 0) is 4.79 Å². The molecule has 6 nitrogen and oxygen atoms in total. The zero-order chi connectivity index (χ0) is 16.0. The number of nitrogens with one attached hydrogen (secondary N) is 2. The third-order valence-corrected chi connectivity index (χ3v) is 2.99. The first-order valence-corrected chi connectivity index (χ1v) is 6.99. The number of ether oxygens (including phenoxy) is 1. The number of halogens is 1. The largest absolute Gasteiger partial charge is 0.480 e. The number of carbonyl (C=O) groups is 2. The monoisotopic (exact) mass is 329 g/mol. The van der Waals surface area contributed by atoms with Gasteiger partial charge >= 0.3 is 6.03 Å². The Morgan fingerprint density at radius 3 is 2.71 bits per heavy atom. The van der Waals surface area contributed by atoms with Crippen molar-refractivity contribution >= 4 is 40.7 Å². The lowest BCUT2D eigenvalue weighted by Crippen LogP contribution is -2.45. The van der Waals surface area contributed by atoms with E-state index in [1.807, 2.05) is 0 Å². The average Bonchev–Trinajstić information content (AvgIpc) is 2.38. The van der Waals surface area contributed by atoms with Gasteiger partial charge in [-0.3, -0.25) is 10.1 Å². The molecule has 0 spiro atoms. The van der Waals surface area contributed by atoms with Crippen molar-refractivity contribution < 1.29 is 14.3 Å². The number of nitrogens with two attached hydrogens (primary N) is 1. The summed E-state index contributed by atoms with van der Waals surface area (Å²) in [5, 5.41) is 4.93. The summed E-state index contributed by atoms with van der Waals surface area (Å²) in [5.41, 5.74) is 5.94. The van der Waals surface area contributed by atoms with Crippen LogP contribution in [0.3, 0.4) is 0 Å². The molecule has 0 fully saturated rings. The molecule has 4 N–H and O–H groups in total. The molecule has 1 unspecified atom stereocenters. The van der Waals surface area contributed by atoms with Gasteiger partial charge in [0.25, 0.3) is 5.91 Å². The number of thiocarbonyl (C=S) groups is 1. The molecule has 0 aliphatic carbocycles. The Kier molecular flexibility index (Phi) is 6.39. The molecule has 1 aromatic carbocycles. The van der Waals surface area contributed by atoms with Gasteiger partial charge in [0.1, 0.15) is 10.7 Å². The average molecular weight is 330 g/mol. The lowest BCUT2D eigenvalue weighted by molar-refractivity contribution is -0.126. The molecule has 21 heavy (non-hydrogen) atoms. The van der Waals surface area contributed by atoms with E-state index >= 15 is 0 Å². The topological polar surface area (TPSA) is 93.5 Å². The van der Waals surface area contributed by atoms with Crippen LogP contribution >= 0.6 is 23.8 Å². The van der Waals surface area contributed by atoms with Crippen LogP contribution in [0.1, 0.15) is 19.4 Å². The van der Waals surface area contributed by atoms with Gasteiger partial charge in [-0.25, -0.2) is 4.79 Å². The minimum Gasteiger partial charge on any atom is -0.480 e. The summed E-state index contributed by atoms with van der Waals surface area (Å²) >= 11 is 10.9. The number of amides is 3. The number of rotatable bonds is 5. The maximum absolute atomic E-state index is 11.8. The van der Waals surface area contributed by atoms with E-state index in [0.29, 0.717) is 17.1 Å². The van der Waals surface area contributed by atoms with E-state index in [-0.39, 0.29) is 10.7 Å². The van der Waals surface area contributed by atoms with Gasteiger partial charge in [0.15, 0.2) is 6.10 Å². The fraction of sp³-hybridized carbons (Fsp3) is 0.308. The quantitative estimate of drug-likeness (QED) is 0.713. The molecular formula is C13H16ClN3O3S. The smallest absolute Gasteiger partial charge is 0.321 e. The lowest BCUT2D eigenvalue weighted by atomic mass is 10.2. The molecule has 0 aliphatic rings. The molecule has 0 aromatic heterocycles. The van der Waals surface area contributed by atoms with Crippen LogP contribution in [0.2, 0.25) is 5.02 Å². The van der Waals surface area contributed by atoms with Gasteiger partial charge in [0.05, 0.1) is 10.6 Å². The van der Waals surface area contributed by atoms with E-state index in [4.69, 9.17) is 34.3 Å². The van der Waals surface area contributed by atoms with Gasteiger partial charge in [-0.1, -0.05) is 29.9 Å². The predicted molar refractivity (Wildman–Crippen MR) is 84.6 cm³/mol. The van der Waals surface area contributed by atoms with Gasteiger partial charge in [-0.05, 0) is 26.0 Å².